The lowest BCUT2D eigenvalue weighted by molar-refractivity contribution is 0.459. The molecule has 0 aliphatic carbocycles. The molecule has 1 N–H and O–H groups in total. The Balaban J connectivity index is 2.16. The molecule has 0 spiro atoms. The van der Waals surface area contributed by atoms with Gasteiger partial charge in [-0.3, -0.25) is 0 Å². The SMILES string of the molecule is CCCNc1nccc(Oc2cc(Cl)ccc2C)n1. The van der Waals surface area contributed by atoms with Crippen molar-refractivity contribution in [3.8, 4) is 11.6 Å². The summed E-state index contributed by atoms with van der Waals surface area (Å²) >= 11 is 5.96. The number of rotatable bonds is 5. The van der Waals surface area contributed by atoms with Crippen molar-refractivity contribution < 1.29 is 4.74 Å². The quantitative estimate of drug-likeness (QED) is 0.895. The second-order valence-electron chi connectivity index (χ2n) is 4.16. The highest BCUT2D eigenvalue weighted by molar-refractivity contribution is 6.30. The van der Waals surface area contributed by atoms with Gasteiger partial charge in [0.25, 0.3) is 0 Å². The molecule has 1 aromatic carbocycles. The molecule has 0 fully saturated rings. The van der Waals surface area contributed by atoms with E-state index in [1.165, 1.54) is 0 Å². The van der Waals surface area contributed by atoms with Crippen molar-refractivity contribution in [1.82, 2.24) is 9.97 Å². The van der Waals surface area contributed by atoms with Crippen LogP contribution in [0.25, 0.3) is 0 Å². The maximum Gasteiger partial charge on any atom is 0.225 e. The van der Waals surface area contributed by atoms with Crippen LogP contribution in [0.1, 0.15) is 18.9 Å². The fraction of sp³-hybridized carbons (Fsp3) is 0.286. The second kappa shape index (κ2) is 6.38. The van der Waals surface area contributed by atoms with E-state index in [9.17, 15) is 0 Å². The molecule has 0 aliphatic rings. The molecule has 2 aromatic rings. The van der Waals surface area contributed by atoms with Crippen molar-refractivity contribution in [3.63, 3.8) is 0 Å². The summed E-state index contributed by atoms with van der Waals surface area (Å²) in [5.74, 6) is 1.77. The Morgan fingerprint density at radius 2 is 2.16 bits per heavy atom. The van der Waals surface area contributed by atoms with Crippen molar-refractivity contribution >= 4 is 17.5 Å². The Morgan fingerprint density at radius 1 is 1.32 bits per heavy atom. The highest BCUT2D eigenvalue weighted by Crippen LogP contribution is 2.26. The lowest BCUT2D eigenvalue weighted by atomic mass is 10.2. The van der Waals surface area contributed by atoms with E-state index in [2.05, 4.69) is 22.2 Å². The van der Waals surface area contributed by atoms with Crippen molar-refractivity contribution in [2.45, 2.75) is 20.3 Å². The van der Waals surface area contributed by atoms with Gasteiger partial charge in [0, 0.05) is 23.8 Å². The molecule has 0 radical (unpaired) electrons. The molecule has 1 heterocycles. The molecule has 100 valence electrons. The lowest BCUT2D eigenvalue weighted by Crippen LogP contribution is -2.04. The Bertz CT molecular complexity index is 560. The highest BCUT2D eigenvalue weighted by atomic mass is 35.5. The third kappa shape index (κ3) is 3.83. The number of hydrogen-bond acceptors (Lipinski definition) is 4. The minimum absolute atomic E-state index is 0.499. The van der Waals surface area contributed by atoms with Gasteiger partial charge in [-0.2, -0.15) is 4.98 Å². The van der Waals surface area contributed by atoms with Crippen LogP contribution >= 0.6 is 11.6 Å². The van der Waals surface area contributed by atoms with E-state index < -0.39 is 0 Å². The molecular weight excluding hydrogens is 262 g/mol. The number of benzene rings is 1. The molecule has 0 unspecified atom stereocenters. The number of nitrogens with zero attached hydrogens (tertiary/aromatic N) is 2. The first-order valence-corrected chi connectivity index (χ1v) is 6.57. The zero-order chi connectivity index (χ0) is 13.7. The maximum atomic E-state index is 5.96. The van der Waals surface area contributed by atoms with Gasteiger partial charge in [0.05, 0.1) is 0 Å². The number of anilines is 1. The van der Waals surface area contributed by atoms with Gasteiger partial charge in [-0.25, -0.2) is 4.98 Å². The van der Waals surface area contributed by atoms with E-state index >= 15 is 0 Å². The van der Waals surface area contributed by atoms with Crippen LogP contribution in [0.3, 0.4) is 0 Å². The fourth-order valence-corrected chi connectivity index (χ4v) is 1.68. The first kappa shape index (κ1) is 13.6. The van der Waals surface area contributed by atoms with Crippen LogP contribution < -0.4 is 10.1 Å². The summed E-state index contributed by atoms with van der Waals surface area (Å²) in [6.45, 7) is 4.88. The standard InChI is InChI=1S/C14H16ClN3O/c1-3-7-16-14-17-8-6-13(18-14)19-12-9-11(15)5-4-10(12)2/h4-6,8-9H,3,7H2,1-2H3,(H,16,17,18). The normalized spacial score (nSPS) is 10.3. The second-order valence-corrected chi connectivity index (χ2v) is 4.59. The number of halogens is 1. The number of ether oxygens (including phenoxy) is 1. The molecule has 19 heavy (non-hydrogen) atoms. The Kier molecular flexibility index (Phi) is 4.58. The first-order valence-electron chi connectivity index (χ1n) is 6.20. The van der Waals surface area contributed by atoms with Gasteiger partial charge >= 0.3 is 0 Å². The van der Waals surface area contributed by atoms with Crippen LogP contribution in [-0.4, -0.2) is 16.5 Å². The Hall–Kier alpha value is -1.81. The van der Waals surface area contributed by atoms with Crippen LogP contribution in [-0.2, 0) is 0 Å². The number of aryl methyl sites for hydroxylation is 1. The van der Waals surface area contributed by atoms with Crippen LogP contribution in [0.15, 0.2) is 30.5 Å². The molecule has 0 amide bonds. The van der Waals surface area contributed by atoms with Gasteiger partial charge in [-0.15, -0.1) is 0 Å². The van der Waals surface area contributed by atoms with E-state index in [0.717, 1.165) is 18.5 Å². The van der Waals surface area contributed by atoms with E-state index in [4.69, 9.17) is 16.3 Å². The minimum atomic E-state index is 0.499. The topological polar surface area (TPSA) is 47.0 Å². The zero-order valence-corrected chi connectivity index (χ0v) is 11.7. The summed E-state index contributed by atoms with van der Waals surface area (Å²) in [6, 6.07) is 7.24. The van der Waals surface area contributed by atoms with Gasteiger partial charge in [0.15, 0.2) is 0 Å². The van der Waals surface area contributed by atoms with Crippen LogP contribution in [0.5, 0.6) is 11.6 Å². The number of aromatic nitrogens is 2. The first-order chi connectivity index (χ1) is 9.19. The lowest BCUT2D eigenvalue weighted by Gasteiger charge is -2.09. The molecule has 0 atom stereocenters. The van der Waals surface area contributed by atoms with Gasteiger partial charge in [-0.1, -0.05) is 24.6 Å². The fourth-order valence-electron chi connectivity index (χ4n) is 1.52. The van der Waals surface area contributed by atoms with E-state index in [0.29, 0.717) is 22.6 Å². The molecule has 5 heteroatoms. The van der Waals surface area contributed by atoms with Crippen molar-refractivity contribution in [3.05, 3.63) is 41.0 Å². The summed E-state index contributed by atoms with van der Waals surface area (Å²) in [7, 11) is 0. The average molecular weight is 278 g/mol. The third-order valence-corrected chi connectivity index (χ3v) is 2.76. The number of hydrogen-bond donors (Lipinski definition) is 1. The van der Waals surface area contributed by atoms with Gasteiger partial charge in [0.1, 0.15) is 5.75 Å². The zero-order valence-electron chi connectivity index (χ0n) is 11.0. The average Bonchev–Trinajstić information content (AvgIpc) is 2.41. The largest absolute Gasteiger partial charge is 0.439 e. The van der Waals surface area contributed by atoms with Crippen LogP contribution in [0.2, 0.25) is 5.02 Å². The molecule has 0 saturated heterocycles. The van der Waals surface area contributed by atoms with Crippen molar-refractivity contribution in [1.29, 1.82) is 0 Å². The predicted octanol–water partition coefficient (Wildman–Crippen LogP) is 4.05. The third-order valence-electron chi connectivity index (χ3n) is 2.53. The minimum Gasteiger partial charge on any atom is -0.439 e. The number of nitrogens with one attached hydrogen (secondary N) is 1. The van der Waals surface area contributed by atoms with Gasteiger partial charge in [-0.05, 0) is 31.0 Å². The summed E-state index contributed by atoms with van der Waals surface area (Å²) in [5.41, 5.74) is 1.01. The van der Waals surface area contributed by atoms with Crippen LogP contribution in [0, 0.1) is 6.92 Å². The van der Waals surface area contributed by atoms with Gasteiger partial charge in [0.2, 0.25) is 11.8 Å². The van der Waals surface area contributed by atoms with Crippen molar-refractivity contribution in [2.75, 3.05) is 11.9 Å². The summed E-state index contributed by atoms with van der Waals surface area (Å²) in [5, 5.41) is 3.76. The van der Waals surface area contributed by atoms with Gasteiger partial charge < -0.3 is 10.1 Å². The van der Waals surface area contributed by atoms with E-state index in [1.807, 2.05) is 19.1 Å². The molecule has 0 bridgehead atoms. The smallest absolute Gasteiger partial charge is 0.225 e. The highest BCUT2D eigenvalue weighted by Gasteiger charge is 2.05. The molecular formula is C14H16ClN3O. The predicted molar refractivity (Wildman–Crippen MR) is 77.1 cm³/mol. The Morgan fingerprint density at radius 3 is 2.95 bits per heavy atom. The van der Waals surface area contributed by atoms with Crippen molar-refractivity contribution in [2.24, 2.45) is 0 Å². The molecule has 2 rings (SSSR count). The molecule has 0 saturated carbocycles. The summed E-state index contributed by atoms with van der Waals surface area (Å²) < 4.78 is 5.74. The maximum absolute atomic E-state index is 5.96. The van der Waals surface area contributed by atoms with Crippen LogP contribution in [0.4, 0.5) is 5.95 Å². The molecule has 1 aromatic heterocycles. The summed E-state index contributed by atoms with van der Waals surface area (Å²) in [4.78, 5) is 8.42. The van der Waals surface area contributed by atoms with E-state index in [1.54, 1.807) is 18.3 Å². The summed E-state index contributed by atoms with van der Waals surface area (Å²) in [6.07, 6.45) is 2.68. The molecule has 4 nitrogen and oxygen atoms in total. The Labute approximate surface area is 117 Å². The molecule has 0 aliphatic heterocycles. The monoisotopic (exact) mass is 277 g/mol. The van der Waals surface area contributed by atoms with E-state index in [-0.39, 0.29) is 0 Å².